The van der Waals surface area contributed by atoms with Crippen molar-refractivity contribution in [3.05, 3.63) is 16.1 Å². The summed E-state index contributed by atoms with van der Waals surface area (Å²) in [6, 6.07) is 0. The Labute approximate surface area is 98.5 Å². The molecule has 0 unspecified atom stereocenters. The molecule has 14 heavy (non-hydrogen) atoms. The van der Waals surface area contributed by atoms with Gasteiger partial charge in [-0.25, -0.2) is 4.98 Å². The molecule has 0 aliphatic heterocycles. The number of aromatic nitrogens is 1. The van der Waals surface area contributed by atoms with Crippen molar-refractivity contribution in [2.75, 3.05) is 18.4 Å². The zero-order chi connectivity index (χ0) is 10.4. The third-order valence-electron chi connectivity index (χ3n) is 1.97. The lowest BCUT2D eigenvalue weighted by Gasteiger charge is -2.18. The highest BCUT2D eigenvalue weighted by molar-refractivity contribution is 9.09. The normalized spacial score (nSPS) is 11.1. The topological polar surface area (TPSA) is 16.1 Å². The van der Waals surface area contributed by atoms with Crippen molar-refractivity contribution in [3.63, 3.8) is 0 Å². The molecular formula is C10H17BrN2S. The molecule has 0 amide bonds. The van der Waals surface area contributed by atoms with Crippen LogP contribution in [0, 0.1) is 6.92 Å². The van der Waals surface area contributed by atoms with E-state index >= 15 is 0 Å². The lowest BCUT2D eigenvalue weighted by molar-refractivity contribution is 0.283. The van der Waals surface area contributed by atoms with Gasteiger partial charge in [-0.05, 0) is 19.9 Å². The van der Waals surface area contributed by atoms with E-state index in [0.717, 1.165) is 30.7 Å². The molecular weight excluding hydrogens is 260 g/mol. The summed E-state index contributed by atoms with van der Waals surface area (Å²) in [4.78, 5) is 6.91. The van der Waals surface area contributed by atoms with Crippen molar-refractivity contribution >= 4 is 27.3 Å². The van der Waals surface area contributed by atoms with Crippen molar-refractivity contribution < 1.29 is 0 Å². The maximum Gasteiger partial charge on any atom is 0.107 e. The predicted molar refractivity (Wildman–Crippen MR) is 66.2 cm³/mol. The largest absolute Gasteiger partial charge is 0.296 e. The summed E-state index contributed by atoms with van der Waals surface area (Å²) in [5, 5.41) is 4.39. The standard InChI is InChI=1S/C10H17BrN2S/c1-3-5-13(6-4-11)7-10-12-9(2)8-14-10/h8H,3-7H2,1-2H3. The SMILES string of the molecule is CCCN(CCBr)Cc1nc(C)cs1. The minimum Gasteiger partial charge on any atom is -0.296 e. The Hall–Kier alpha value is 0.0700. The lowest BCUT2D eigenvalue weighted by Crippen LogP contribution is -2.25. The van der Waals surface area contributed by atoms with Crippen molar-refractivity contribution in [2.24, 2.45) is 0 Å². The zero-order valence-electron chi connectivity index (χ0n) is 8.79. The summed E-state index contributed by atoms with van der Waals surface area (Å²) in [6.07, 6.45) is 1.21. The van der Waals surface area contributed by atoms with Gasteiger partial charge in [0, 0.05) is 22.9 Å². The molecule has 0 radical (unpaired) electrons. The molecule has 4 heteroatoms. The number of halogens is 1. The maximum absolute atomic E-state index is 4.48. The van der Waals surface area contributed by atoms with E-state index in [4.69, 9.17) is 0 Å². The molecule has 0 fully saturated rings. The lowest BCUT2D eigenvalue weighted by atomic mass is 10.4. The first-order chi connectivity index (χ1) is 6.76. The molecule has 0 bridgehead atoms. The molecule has 0 saturated heterocycles. The van der Waals surface area contributed by atoms with E-state index < -0.39 is 0 Å². The van der Waals surface area contributed by atoms with Crippen LogP contribution in [0.3, 0.4) is 0 Å². The molecule has 1 aromatic heterocycles. The number of thiazole rings is 1. The predicted octanol–water partition coefficient (Wildman–Crippen LogP) is 3.06. The van der Waals surface area contributed by atoms with Crippen LogP contribution in [0.25, 0.3) is 0 Å². The first-order valence-electron chi connectivity index (χ1n) is 4.95. The van der Waals surface area contributed by atoms with E-state index in [9.17, 15) is 0 Å². The number of nitrogens with zero attached hydrogens (tertiary/aromatic N) is 2. The third-order valence-corrected chi connectivity index (χ3v) is 3.27. The van der Waals surface area contributed by atoms with Crippen LogP contribution in [0.4, 0.5) is 0 Å². The van der Waals surface area contributed by atoms with E-state index in [1.54, 1.807) is 11.3 Å². The van der Waals surface area contributed by atoms with Gasteiger partial charge in [-0.2, -0.15) is 0 Å². The van der Waals surface area contributed by atoms with E-state index in [1.807, 2.05) is 0 Å². The molecule has 0 atom stereocenters. The van der Waals surface area contributed by atoms with Crippen LogP contribution in [-0.4, -0.2) is 28.3 Å². The Morgan fingerprint density at radius 3 is 2.79 bits per heavy atom. The van der Waals surface area contributed by atoms with Crippen LogP contribution in [0.1, 0.15) is 24.0 Å². The summed E-state index contributed by atoms with van der Waals surface area (Å²) >= 11 is 5.24. The minimum atomic E-state index is 0.998. The molecule has 0 spiro atoms. The van der Waals surface area contributed by atoms with Crippen molar-refractivity contribution in [2.45, 2.75) is 26.8 Å². The number of hydrogen-bond donors (Lipinski definition) is 0. The fourth-order valence-corrected chi connectivity index (χ4v) is 2.69. The average Bonchev–Trinajstić information content (AvgIpc) is 2.52. The number of rotatable bonds is 6. The summed E-state index contributed by atoms with van der Waals surface area (Å²) in [5.41, 5.74) is 1.14. The molecule has 1 aromatic rings. The van der Waals surface area contributed by atoms with E-state index in [0.29, 0.717) is 0 Å². The Balaban J connectivity index is 2.46. The second-order valence-corrected chi connectivity index (χ2v) is 5.08. The Kier molecular flexibility index (Phi) is 5.67. The van der Waals surface area contributed by atoms with Crippen molar-refractivity contribution in [1.82, 2.24) is 9.88 Å². The average molecular weight is 277 g/mol. The van der Waals surface area contributed by atoms with Crippen LogP contribution in [-0.2, 0) is 6.54 Å². The highest BCUT2D eigenvalue weighted by Gasteiger charge is 2.06. The monoisotopic (exact) mass is 276 g/mol. The van der Waals surface area contributed by atoms with Gasteiger partial charge in [0.05, 0.1) is 6.54 Å². The Morgan fingerprint density at radius 1 is 1.50 bits per heavy atom. The maximum atomic E-state index is 4.48. The first kappa shape index (κ1) is 12.1. The summed E-state index contributed by atoms with van der Waals surface area (Å²) in [6.45, 7) is 7.53. The third kappa shape index (κ3) is 4.07. The van der Waals surface area contributed by atoms with Gasteiger partial charge in [0.2, 0.25) is 0 Å². The Morgan fingerprint density at radius 2 is 2.29 bits per heavy atom. The van der Waals surface area contributed by atoms with Crippen LogP contribution in [0.15, 0.2) is 5.38 Å². The molecule has 2 nitrogen and oxygen atoms in total. The van der Waals surface area contributed by atoms with E-state index in [-0.39, 0.29) is 0 Å². The quantitative estimate of drug-likeness (QED) is 0.743. The van der Waals surface area contributed by atoms with Crippen LogP contribution >= 0.6 is 27.3 Å². The van der Waals surface area contributed by atoms with E-state index in [2.05, 4.69) is 45.0 Å². The first-order valence-corrected chi connectivity index (χ1v) is 6.95. The minimum absolute atomic E-state index is 0.998. The molecule has 0 aromatic carbocycles. The van der Waals surface area contributed by atoms with Gasteiger partial charge in [0.25, 0.3) is 0 Å². The number of alkyl halides is 1. The van der Waals surface area contributed by atoms with E-state index in [1.165, 1.54) is 11.4 Å². The van der Waals surface area contributed by atoms with Gasteiger partial charge in [0.15, 0.2) is 0 Å². The summed E-state index contributed by atoms with van der Waals surface area (Å²) < 4.78 is 0. The molecule has 0 aliphatic rings. The molecule has 1 heterocycles. The van der Waals surface area contributed by atoms with Gasteiger partial charge >= 0.3 is 0 Å². The van der Waals surface area contributed by atoms with Crippen LogP contribution in [0.2, 0.25) is 0 Å². The van der Waals surface area contributed by atoms with Gasteiger partial charge in [-0.15, -0.1) is 11.3 Å². The van der Waals surface area contributed by atoms with Crippen molar-refractivity contribution in [3.8, 4) is 0 Å². The number of hydrogen-bond acceptors (Lipinski definition) is 3. The molecule has 80 valence electrons. The van der Waals surface area contributed by atoms with Gasteiger partial charge < -0.3 is 0 Å². The summed E-state index contributed by atoms with van der Waals surface area (Å²) in [7, 11) is 0. The summed E-state index contributed by atoms with van der Waals surface area (Å²) in [5.74, 6) is 0. The molecule has 0 N–H and O–H groups in total. The van der Waals surface area contributed by atoms with Crippen molar-refractivity contribution in [1.29, 1.82) is 0 Å². The van der Waals surface area contributed by atoms with Crippen LogP contribution in [0.5, 0.6) is 0 Å². The molecule has 0 aliphatic carbocycles. The van der Waals surface area contributed by atoms with Gasteiger partial charge in [-0.1, -0.05) is 22.9 Å². The Bertz CT molecular complexity index is 256. The highest BCUT2D eigenvalue weighted by Crippen LogP contribution is 2.11. The molecule has 1 rings (SSSR count). The second kappa shape index (κ2) is 6.53. The smallest absolute Gasteiger partial charge is 0.107 e. The zero-order valence-corrected chi connectivity index (χ0v) is 11.2. The fraction of sp³-hybridized carbons (Fsp3) is 0.700. The van der Waals surface area contributed by atoms with Gasteiger partial charge in [-0.3, -0.25) is 4.90 Å². The highest BCUT2D eigenvalue weighted by atomic mass is 79.9. The van der Waals surface area contributed by atoms with Gasteiger partial charge in [0.1, 0.15) is 5.01 Å². The van der Waals surface area contributed by atoms with Crippen LogP contribution < -0.4 is 0 Å². The fourth-order valence-electron chi connectivity index (χ4n) is 1.37. The molecule has 0 saturated carbocycles. The number of aryl methyl sites for hydroxylation is 1. The second-order valence-electron chi connectivity index (χ2n) is 3.35.